The van der Waals surface area contributed by atoms with Gasteiger partial charge in [0.15, 0.2) is 0 Å². The van der Waals surface area contributed by atoms with Crippen LogP contribution in [0, 0.1) is 5.41 Å². The Bertz CT molecular complexity index is 787. The number of nitrogens with zero attached hydrogens (tertiary/aromatic N) is 1. The molecular formula is C20H27ClFN3O4. The third kappa shape index (κ3) is 4.48. The van der Waals surface area contributed by atoms with Crippen molar-refractivity contribution in [2.75, 3.05) is 11.9 Å². The number of hydrogen-bond acceptors (Lipinski definition) is 5. The number of alkyl halides is 1. The van der Waals surface area contributed by atoms with Crippen LogP contribution in [0.2, 0.25) is 5.15 Å². The van der Waals surface area contributed by atoms with Crippen LogP contribution in [-0.2, 0) is 4.79 Å². The zero-order chi connectivity index (χ0) is 21.4. The lowest BCUT2D eigenvalue weighted by Gasteiger charge is -2.52. The number of nitrogens with one attached hydrogen (secondary N) is 2. The number of fused-ring (bicyclic) bond motifs is 3. The molecule has 0 aliphatic heterocycles. The molecule has 0 spiro atoms. The van der Waals surface area contributed by atoms with Gasteiger partial charge in [0.05, 0.1) is 28.8 Å². The summed E-state index contributed by atoms with van der Waals surface area (Å²) in [5, 5.41) is 25.4. The molecule has 1 aromatic heterocycles. The van der Waals surface area contributed by atoms with Crippen LogP contribution in [0.5, 0.6) is 0 Å². The predicted octanol–water partition coefficient (Wildman–Crippen LogP) is 3.16. The quantitative estimate of drug-likeness (QED) is 0.497. The highest BCUT2D eigenvalue weighted by Gasteiger charge is 2.52. The number of pyridine rings is 1. The molecule has 4 N–H and O–H groups in total. The normalized spacial score (nSPS) is 27.3. The first kappa shape index (κ1) is 21.8. The Kier molecular flexibility index (Phi) is 5.80. The van der Waals surface area contributed by atoms with Crippen molar-refractivity contribution in [3.05, 3.63) is 23.0 Å². The number of carboxylic acid groups (broad SMARTS) is 1. The van der Waals surface area contributed by atoms with Gasteiger partial charge in [-0.1, -0.05) is 11.6 Å². The molecule has 1 amide bonds. The number of rotatable bonds is 7. The minimum atomic E-state index is -1.62. The number of hydrogen-bond donors (Lipinski definition) is 4. The van der Waals surface area contributed by atoms with Crippen molar-refractivity contribution < 1.29 is 24.2 Å². The van der Waals surface area contributed by atoms with Gasteiger partial charge in [-0.15, -0.1) is 0 Å². The summed E-state index contributed by atoms with van der Waals surface area (Å²) >= 11 is 6.04. The first-order valence-electron chi connectivity index (χ1n) is 9.78. The van der Waals surface area contributed by atoms with Crippen molar-refractivity contribution >= 4 is 29.2 Å². The minimum Gasteiger partial charge on any atom is -0.481 e. The molecule has 9 heteroatoms. The van der Waals surface area contributed by atoms with Crippen molar-refractivity contribution in [3.63, 3.8) is 0 Å². The van der Waals surface area contributed by atoms with E-state index in [0.29, 0.717) is 44.2 Å². The van der Waals surface area contributed by atoms with Crippen LogP contribution in [0.1, 0.15) is 62.7 Å². The van der Waals surface area contributed by atoms with Crippen molar-refractivity contribution in [1.29, 1.82) is 0 Å². The number of anilines is 1. The standard InChI is InChI=1S/C20H27ClFN3O4/c1-18(2,29)14(22)11-24-16(26)12-10-23-15(21)9-13(12)25-20-6-3-19(4-7-20,5-8-20)17(27)28/h9-10,14,29H,3-8,11H2,1-2H3,(H,23,25)(H,24,26)(H,27,28)/t14-,19?,20?/m1/s1. The maximum atomic E-state index is 14.0. The lowest BCUT2D eigenvalue weighted by atomic mass is 9.57. The topological polar surface area (TPSA) is 112 Å². The second kappa shape index (κ2) is 7.72. The molecule has 29 heavy (non-hydrogen) atoms. The third-order valence-electron chi connectivity index (χ3n) is 6.42. The molecule has 160 valence electrons. The fraction of sp³-hybridized carbons (Fsp3) is 0.650. The summed E-state index contributed by atoms with van der Waals surface area (Å²) in [4.78, 5) is 28.2. The first-order valence-corrected chi connectivity index (χ1v) is 10.2. The van der Waals surface area contributed by atoms with Gasteiger partial charge in [-0.25, -0.2) is 9.37 Å². The maximum absolute atomic E-state index is 14.0. The highest BCUT2D eigenvalue weighted by atomic mass is 35.5. The summed E-state index contributed by atoms with van der Waals surface area (Å²) in [6, 6.07) is 1.56. The summed E-state index contributed by atoms with van der Waals surface area (Å²) in [6.45, 7) is 2.34. The number of aliphatic hydroxyl groups is 1. The fourth-order valence-corrected chi connectivity index (χ4v) is 4.38. The van der Waals surface area contributed by atoms with Crippen LogP contribution in [0.4, 0.5) is 10.1 Å². The summed E-state index contributed by atoms with van der Waals surface area (Å²) in [7, 11) is 0. The summed E-state index contributed by atoms with van der Waals surface area (Å²) < 4.78 is 14.0. The number of halogens is 2. The molecule has 3 aliphatic rings. The monoisotopic (exact) mass is 427 g/mol. The van der Waals surface area contributed by atoms with E-state index >= 15 is 0 Å². The number of amides is 1. The smallest absolute Gasteiger partial charge is 0.309 e. The van der Waals surface area contributed by atoms with E-state index in [2.05, 4.69) is 15.6 Å². The maximum Gasteiger partial charge on any atom is 0.309 e. The van der Waals surface area contributed by atoms with Gasteiger partial charge < -0.3 is 20.8 Å². The number of carbonyl (C=O) groups is 2. The van der Waals surface area contributed by atoms with Gasteiger partial charge in [0.1, 0.15) is 11.3 Å². The number of aromatic nitrogens is 1. The molecule has 1 heterocycles. The first-order chi connectivity index (χ1) is 13.5. The molecule has 3 saturated carbocycles. The van der Waals surface area contributed by atoms with Gasteiger partial charge in [0.25, 0.3) is 5.91 Å². The summed E-state index contributed by atoms with van der Waals surface area (Å²) in [5.74, 6) is -1.25. The summed E-state index contributed by atoms with van der Waals surface area (Å²) in [6.07, 6.45) is 3.53. The van der Waals surface area contributed by atoms with Crippen LogP contribution >= 0.6 is 11.6 Å². The highest BCUT2D eigenvalue weighted by Crippen LogP contribution is 2.53. The van der Waals surface area contributed by atoms with Crippen LogP contribution in [0.15, 0.2) is 12.3 Å². The van der Waals surface area contributed by atoms with E-state index < -0.39 is 29.1 Å². The molecule has 1 atom stereocenters. The molecular weight excluding hydrogens is 401 g/mol. The SMILES string of the molecule is CC(C)(O)[C@H](F)CNC(=O)c1cnc(Cl)cc1NC12CCC(C(=O)O)(CC1)CC2. The average Bonchev–Trinajstić information content (AvgIpc) is 2.66. The third-order valence-corrected chi connectivity index (χ3v) is 6.63. The second-order valence-corrected chi connectivity index (χ2v) is 9.26. The molecule has 2 bridgehead atoms. The molecule has 0 saturated heterocycles. The average molecular weight is 428 g/mol. The van der Waals surface area contributed by atoms with Crippen molar-refractivity contribution in [2.24, 2.45) is 5.41 Å². The van der Waals surface area contributed by atoms with Crippen LogP contribution < -0.4 is 10.6 Å². The zero-order valence-electron chi connectivity index (χ0n) is 16.6. The fourth-order valence-electron chi connectivity index (χ4n) is 4.22. The van der Waals surface area contributed by atoms with E-state index in [9.17, 15) is 24.2 Å². The lowest BCUT2D eigenvalue weighted by Crippen LogP contribution is -2.53. The van der Waals surface area contributed by atoms with E-state index in [1.807, 2.05) is 0 Å². The Labute approximate surface area is 174 Å². The lowest BCUT2D eigenvalue weighted by molar-refractivity contribution is -0.155. The Morgan fingerprint density at radius 1 is 1.28 bits per heavy atom. The van der Waals surface area contributed by atoms with E-state index in [1.165, 1.54) is 20.0 Å². The van der Waals surface area contributed by atoms with Gasteiger partial charge in [0, 0.05) is 11.7 Å². The predicted molar refractivity (Wildman–Crippen MR) is 107 cm³/mol. The highest BCUT2D eigenvalue weighted by molar-refractivity contribution is 6.29. The minimum absolute atomic E-state index is 0.215. The molecule has 0 unspecified atom stereocenters. The Morgan fingerprint density at radius 2 is 1.86 bits per heavy atom. The van der Waals surface area contributed by atoms with Gasteiger partial charge >= 0.3 is 5.97 Å². The van der Waals surface area contributed by atoms with Crippen LogP contribution in [-0.4, -0.2) is 50.9 Å². The van der Waals surface area contributed by atoms with Gasteiger partial charge in [-0.05, 0) is 58.4 Å². The number of aliphatic carboxylic acids is 1. The van der Waals surface area contributed by atoms with Gasteiger partial charge in [0.2, 0.25) is 0 Å². The van der Waals surface area contributed by atoms with E-state index in [0.717, 1.165) is 0 Å². The van der Waals surface area contributed by atoms with E-state index in [-0.39, 0.29) is 22.8 Å². The van der Waals surface area contributed by atoms with Gasteiger partial charge in [-0.3, -0.25) is 9.59 Å². The zero-order valence-corrected chi connectivity index (χ0v) is 17.4. The Hall–Kier alpha value is -1.93. The molecule has 4 rings (SSSR count). The molecule has 0 aromatic carbocycles. The molecule has 3 aliphatic carbocycles. The van der Waals surface area contributed by atoms with Crippen LogP contribution in [0.25, 0.3) is 0 Å². The van der Waals surface area contributed by atoms with Crippen LogP contribution in [0.3, 0.4) is 0 Å². The Balaban J connectivity index is 1.75. The molecule has 0 radical (unpaired) electrons. The molecule has 7 nitrogen and oxygen atoms in total. The number of carbonyl (C=O) groups excluding carboxylic acids is 1. The van der Waals surface area contributed by atoms with Crippen molar-refractivity contribution in [3.8, 4) is 0 Å². The largest absolute Gasteiger partial charge is 0.481 e. The molecule has 3 fully saturated rings. The summed E-state index contributed by atoms with van der Waals surface area (Å²) in [5.41, 5.74) is -1.77. The Morgan fingerprint density at radius 3 is 2.38 bits per heavy atom. The van der Waals surface area contributed by atoms with Crippen molar-refractivity contribution in [1.82, 2.24) is 10.3 Å². The van der Waals surface area contributed by atoms with Gasteiger partial charge in [-0.2, -0.15) is 0 Å². The van der Waals surface area contributed by atoms with Crippen molar-refractivity contribution in [2.45, 2.75) is 69.7 Å². The van der Waals surface area contributed by atoms with E-state index in [1.54, 1.807) is 6.07 Å². The van der Waals surface area contributed by atoms with E-state index in [4.69, 9.17) is 11.6 Å². The second-order valence-electron chi connectivity index (χ2n) is 8.87. The molecule has 1 aromatic rings. The number of carboxylic acids is 1.